The molecule has 0 aliphatic rings. The van der Waals surface area contributed by atoms with Gasteiger partial charge in [-0.15, -0.1) is 0 Å². The Morgan fingerprint density at radius 3 is 1.88 bits per heavy atom. The third kappa shape index (κ3) is 3.49. The van der Waals surface area contributed by atoms with E-state index in [0.29, 0.717) is 6.07 Å². The summed E-state index contributed by atoms with van der Waals surface area (Å²) in [7, 11) is 0. The van der Waals surface area contributed by atoms with Gasteiger partial charge in [-0.1, -0.05) is 15.9 Å². The zero-order chi connectivity index (χ0) is 13.4. The summed E-state index contributed by atoms with van der Waals surface area (Å²) in [5.74, 6) is 0. The van der Waals surface area contributed by atoms with Gasteiger partial charge in [0.25, 0.3) is 0 Å². The van der Waals surface area contributed by atoms with Crippen LogP contribution >= 0.6 is 38.5 Å². The minimum absolute atomic E-state index is 0.0345. The second-order valence-electron chi connectivity index (χ2n) is 3.13. The third-order valence-electron chi connectivity index (χ3n) is 1.92. The molecule has 0 radical (unpaired) electrons. The SMILES string of the molecule is FC(F)(F)c1cc(CBr)c(I)c(C(F)(F)F)c1. The molecule has 0 fully saturated rings. The predicted molar refractivity (Wildman–Crippen MR) is 61.8 cm³/mol. The van der Waals surface area contributed by atoms with E-state index in [-0.39, 0.29) is 20.5 Å². The van der Waals surface area contributed by atoms with Crippen LogP contribution in [0.3, 0.4) is 0 Å². The molecule has 0 N–H and O–H groups in total. The zero-order valence-electron chi connectivity index (χ0n) is 7.89. The van der Waals surface area contributed by atoms with Crippen molar-refractivity contribution in [2.45, 2.75) is 17.7 Å². The number of halogens is 8. The van der Waals surface area contributed by atoms with Crippen molar-refractivity contribution in [2.75, 3.05) is 0 Å². The van der Waals surface area contributed by atoms with Crippen LogP contribution in [0, 0.1) is 3.57 Å². The maximum atomic E-state index is 12.5. The Kier molecular flexibility index (Phi) is 4.38. The molecule has 96 valence electrons. The monoisotopic (exact) mass is 432 g/mol. The highest BCUT2D eigenvalue weighted by molar-refractivity contribution is 14.1. The summed E-state index contributed by atoms with van der Waals surface area (Å²) >= 11 is 4.26. The van der Waals surface area contributed by atoms with Crippen LogP contribution in [-0.4, -0.2) is 0 Å². The van der Waals surface area contributed by atoms with Gasteiger partial charge in [0.05, 0.1) is 11.1 Å². The van der Waals surface area contributed by atoms with Gasteiger partial charge in [0.2, 0.25) is 0 Å². The first-order chi connectivity index (χ1) is 7.57. The summed E-state index contributed by atoms with van der Waals surface area (Å²) in [4.78, 5) is 0. The summed E-state index contributed by atoms with van der Waals surface area (Å²) < 4.78 is 74.7. The first-order valence-corrected chi connectivity index (χ1v) is 6.30. The second-order valence-corrected chi connectivity index (χ2v) is 4.77. The third-order valence-corrected chi connectivity index (χ3v) is 3.80. The van der Waals surface area contributed by atoms with E-state index in [9.17, 15) is 26.3 Å². The van der Waals surface area contributed by atoms with Gasteiger partial charge < -0.3 is 0 Å². The molecule has 1 rings (SSSR count). The van der Waals surface area contributed by atoms with Crippen LogP contribution in [0.1, 0.15) is 16.7 Å². The van der Waals surface area contributed by atoms with E-state index in [4.69, 9.17) is 0 Å². The maximum Gasteiger partial charge on any atom is 0.417 e. The molecule has 0 spiro atoms. The topological polar surface area (TPSA) is 0 Å². The number of hydrogen-bond acceptors (Lipinski definition) is 0. The van der Waals surface area contributed by atoms with Gasteiger partial charge in [-0.25, -0.2) is 0 Å². The Hall–Kier alpha value is 0.01000. The molecule has 8 heteroatoms. The van der Waals surface area contributed by atoms with Crippen LogP contribution in [0.2, 0.25) is 0 Å². The summed E-state index contributed by atoms with van der Waals surface area (Å²) in [6.07, 6.45) is -9.59. The van der Waals surface area contributed by atoms with Gasteiger partial charge in [-0.05, 0) is 40.3 Å². The molecule has 1 aromatic carbocycles. The number of hydrogen-bond donors (Lipinski definition) is 0. The molecule has 0 bridgehead atoms. The molecule has 0 heterocycles. The Balaban J connectivity index is 3.50. The van der Waals surface area contributed by atoms with E-state index in [1.807, 2.05) is 0 Å². The molecule has 0 amide bonds. The van der Waals surface area contributed by atoms with E-state index in [2.05, 4.69) is 15.9 Å². The highest BCUT2D eigenvalue weighted by Gasteiger charge is 2.38. The van der Waals surface area contributed by atoms with Crippen molar-refractivity contribution in [3.63, 3.8) is 0 Å². The van der Waals surface area contributed by atoms with Crippen LogP contribution in [-0.2, 0) is 17.7 Å². The quantitative estimate of drug-likeness (QED) is 0.324. The Morgan fingerprint density at radius 1 is 1.00 bits per heavy atom. The fraction of sp³-hybridized carbons (Fsp3) is 0.333. The summed E-state index contributed by atoms with van der Waals surface area (Å²) in [5, 5.41) is -0.0712. The smallest absolute Gasteiger partial charge is 0.166 e. The molecule has 0 aliphatic heterocycles. The first kappa shape index (κ1) is 15.1. The lowest BCUT2D eigenvalue weighted by Crippen LogP contribution is -2.14. The van der Waals surface area contributed by atoms with Crippen molar-refractivity contribution < 1.29 is 26.3 Å². The second kappa shape index (κ2) is 4.94. The van der Waals surface area contributed by atoms with Crippen LogP contribution in [0.25, 0.3) is 0 Å². The molecule has 1 aromatic rings. The van der Waals surface area contributed by atoms with Crippen molar-refractivity contribution >= 4 is 38.5 Å². The van der Waals surface area contributed by atoms with Gasteiger partial charge in [-0.3, -0.25) is 0 Å². The van der Waals surface area contributed by atoms with E-state index >= 15 is 0 Å². The van der Waals surface area contributed by atoms with Crippen molar-refractivity contribution in [2.24, 2.45) is 0 Å². The van der Waals surface area contributed by atoms with E-state index < -0.39 is 23.5 Å². The van der Waals surface area contributed by atoms with Crippen molar-refractivity contribution in [1.29, 1.82) is 0 Å². The van der Waals surface area contributed by atoms with E-state index in [1.165, 1.54) is 22.6 Å². The molecule has 0 saturated heterocycles. The fourth-order valence-electron chi connectivity index (χ4n) is 1.15. The highest BCUT2D eigenvalue weighted by Crippen LogP contribution is 2.39. The molecule has 0 atom stereocenters. The Bertz CT molecular complexity index is 423. The van der Waals surface area contributed by atoms with Crippen molar-refractivity contribution in [1.82, 2.24) is 0 Å². The number of alkyl halides is 7. The average Bonchev–Trinajstić information content (AvgIpc) is 2.14. The molecule has 0 unspecified atom stereocenters. The summed E-state index contributed by atoms with van der Waals surface area (Å²) in [6.45, 7) is 0. The first-order valence-electron chi connectivity index (χ1n) is 4.10. The molecular formula is C9H4BrF6I. The molecule has 0 nitrogen and oxygen atoms in total. The molecule has 0 saturated carbocycles. The fourth-order valence-corrected chi connectivity index (χ4v) is 2.93. The lowest BCUT2D eigenvalue weighted by atomic mass is 10.1. The lowest BCUT2D eigenvalue weighted by Gasteiger charge is -2.15. The van der Waals surface area contributed by atoms with E-state index in [1.54, 1.807) is 0 Å². The van der Waals surface area contributed by atoms with Crippen LogP contribution in [0.15, 0.2) is 12.1 Å². The standard InChI is InChI=1S/C9H4BrF6I/c10-3-4-1-5(8(11,12)13)2-6(7(4)17)9(14,15)16/h1-2H,3H2. The van der Waals surface area contributed by atoms with E-state index in [0.717, 1.165) is 0 Å². The number of benzene rings is 1. The van der Waals surface area contributed by atoms with Crippen molar-refractivity contribution in [3.05, 3.63) is 32.4 Å². The lowest BCUT2D eigenvalue weighted by molar-refractivity contribution is -0.143. The van der Waals surface area contributed by atoms with Crippen LogP contribution < -0.4 is 0 Å². The molecule has 0 aromatic heterocycles. The maximum absolute atomic E-state index is 12.5. The Morgan fingerprint density at radius 2 is 1.53 bits per heavy atom. The largest absolute Gasteiger partial charge is 0.417 e. The zero-order valence-corrected chi connectivity index (χ0v) is 11.6. The van der Waals surface area contributed by atoms with Gasteiger partial charge in [-0.2, -0.15) is 26.3 Å². The molecule has 17 heavy (non-hydrogen) atoms. The minimum atomic E-state index is -4.80. The van der Waals surface area contributed by atoms with Gasteiger partial charge in [0.1, 0.15) is 0 Å². The minimum Gasteiger partial charge on any atom is -0.166 e. The number of rotatable bonds is 1. The van der Waals surface area contributed by atoms with Crippen LogP contribution in [0.5, 0.6) is 0 Å². The summed E-state index contributed by atoms with van der Waals surface area (Å²) in [5.41, 5.74) is -2.59. The predicted octanol–water partition coefficient (Wildman–Crippen LogP) is 5.22. The Labute approximate surface area is 115 Å². The summed E-state index contributed by atoms with van der Waals surface area (Å²) in [6, 6.07) is 0.847. The van der Waals surface area contributed by atoms with Crippen LogP contribution in [0.4, 0.5) is 26.3 Å². The normalized spacial score (nSPS) is 12.9. The highest BCUT2D eigenvalue weighted by atomic mass is 127. The average molecular weight is 433 g/mol. The van der Waals surface area contributed by atoms with Gasteiger partial charge >= 0.3 is 12.4 Å². The van der Waals surface area contributed by atoms with Crippen molar-refractivity contribution in [3.8, 4) is 0 Å². The molecule has 0 aliphatic carbocycles. The van der Waals surface area contributed by atoms with Gasteiger partial charge in [0, 0.05) is 8.90 Å². The van der Waals surface area contributed by atoms with Gasteiger partial charge in [0.15, 0.2) is 0 Å². The molecular weight excluding hydrogens is 429 g/mol.